The van der Waals surface area contributed by atoms with Crippen LogP contribution in [0, 0.1) is 0 Å². The molecule has 0 bridgehead atoms. The first-order valence-electron chi connectivity index (χ1n) is 8.01. The van der Waals surface area contributed by atoms with Crippen molar-refractivity contribution in [2.24, 2.45) is 4.99 Å². The fraction of sp³-hybridized carbons (Fsp3) is 0.222. The van der Waals surface area contributed by atoms with E-state index in [4.69, 9.17) is 5.73 Å². The maximum absolute atomic E-state index is 12.5. The molecule has 1 aliphatic heterocycles. The van der Waals surface area contributed by atoms with Gasteiger partial charge in [-0.3, -0.25) is 9.79 Å². The van der Waals surface area contributed by atoms with Crippen LogP contribution in [0.4, 0.5) is 11.5 Å². The first-order chi connectivity index (χ1) is 12.0. The molecular weight excluding hydrogens is 334 g/mol. The van der Waals surface area contributed by atoms with Crippen molar-refractivity contribution in [3.63, 3.8) is 0 Å². The highest BCUT2D eigenvalue weighted by Crippen LogP contribution is 2.35. The summed E-state index contributed by atoms with van der Waals surface area (Å²) in [5, 5.41) is 5.40. The van der Waals surface area contributed by atoms with E-state index >= 15 is 0 Å². The Hall–Kier alpha value is -2.80. The molecule has 2 N–H and O–H groups in total. The van der Waals surface area contributed by atoms with Crippen LogP contribution in [-0.2, 0) is 0 Å². The van der Waals surface area contributed by atoms with Crippen LogP contribution in [0.5, 0.6) is 0 Å². The van der Waals surface area contributed by atoms with E-state index in [9.17, 15) is 4.79 Å². The highest BCUT2D eigenvalue weighted by Gasteiger charge is 2.20. The van der Waals surface area contributed by atoms with Crippen molar-refractivity contribution < 1.29 is 0 Å². The Labute approximate surface area is 148 Å². The molecule has 0 spiro atoms. The molecule has 0 unspecified atom stereocenters. The largest absolute Gasteiger partial charge is 0.383 e. The number of rotatable bonds is 2. The smallest absolute Gasteiger partial charge is 0.283 e. The second kappa shape index (κ2) is 5.63. The van der Waals surface area contributed by atoms with Crippen molar-refractivity contribution in [1.82, 2.24) is 14.6 Å². The third-order valence-electron chi connectivity index (χ3n) is 4.16. The second-order valence-corrected chi connectivity index (χ2v) is 7.27. The molecule has 1 aromatic carbocycles. The van der Waals surface area contributed by atoms with E-state index in [-0.39, 0.29) is 11.5 Å². The van der Waals surface area contributed by atoms with Crippen molar-refractivity contribution in [2.75, 3.05) is 5.73 Å². The fourth-order valence-electron chi connectivity index (χ4n) is 2.83. The number of nitrogen functional groups attached to an aromatic ring is 1. The number of fused-ring (bicyclic) bond motifs is 2. The molecule has 0 atom stereocenters. The maximum atomic E-state index is 12.5. The fourth-order valence-corrected chi connectivity index (χ4v) is 3.73. The number of hydrogen-bond donors (Lipinski definition) is 1. The summed E-state index contributed by atoms with van der Waals surface area (Å²) in [6, 6.07) is 7.83. The lowest BCUT2D eigenvalue weighted by Crippen LogP contribution is -2.17. The van der Waals surface area contributed by atoms with Crippen LogP contribution in [0.15, 0.2) is 34.1 Å². The Morgan fingerprint density at radius 2 is 2.04 bits per heavy atom. The first-order valence-corrected chi connectivity index (χ1v) is 8.83. The number of aromatic nitrogens is 3. The van der Waals surface area contributed by atoms with Crippen LogP contribution in [0.3, 0.4) is 0 Å². The van der Waals surface area contributed by atoms with E-state index in [1.165, 1.54) is 11.3 Å². The van der Waals surface area contributed by atoms with E-state index < -0.39 is 0 Å². The van der Waals surface area contributed by atoms with E-state index in [0.29, 0.717) is 16.3 Å². The summed E-state index contributed by atoms with van der Waals surface area (Å²) in [6.07, 6.45) is 1.77. The van der Waals surface area contributed by atoms with Gasteiger partial charge >= 0.3 is 0 Å². The third kappa shape index (κ3) is 2.47. The number of nitrogens with zero attached hydrogens (tertiary/aromatic N) is 4. The van der Waals surface area contributed by atoms with Gasteiger partial charge < -0.3 is 5.73 Å². The van der Waals surface area contributed by atoms with Gasteiger partial charge in [-0.15, -0.1) is 0 Å². The minimum atomic E-state index is -0.346. The molecule has 0 amide bonds. The van der Waals surface area contributed by atoms with Gasteiger partial charge in [-0.2, -0.15) is 14.6 Å². The zero-order valence-electron chi connectivity index (χ0n) is 14.1. The number of aliphatic imine (C=N–C) groups is 1. The standard InChI is InChI=1S/C18H17N5OS/c1-9(2)17-22-23-15(19)13(16(24)21-18(23)25-17)8-12-10(3)20-14-7-5-4-6-11(12)14/h4-9H,19H2,1-3H3/b12-8+. The summed E-state index contributed by atoms with van der Waals surface area (Å²) < 4.78 is 1.56. The zero-order chi connectivity index (χ0) is 17.7. The van der Waals surface area contributed by atoms with Crippen molar-refractivity contribution in [3.05, 3.63) is 50.8 Å². The number of benzene rings is 1. The average Bonchev–Trinajstić information content (AvgIpc) is 3.13. The van der Waals surface area contributed by atoms with E-state index in [1.54, 1.807) is 10.6 Å². The molecule has 7 heteroatoms. The summed E-state index contributed by atoms with van der Waals surface area (Å²) in [5.41, 5.74) is 9.89. The summed E-state index contributed by atoms with van der Waals surface area (Å²) in [5.74, 6) is 0.557. The molecular formula is C18H17N5OS. The van der Waals surface area contributed by atoms with Gasteiger partial charge in [0.05, 0.1) is 11.3 Å². The molecule has 0 fully saturated rings. The van der Waals surface area contributed by atoms with Gasteiger partial charge in [-0.1, -0.05) is 43.4 Å². The quantitative estimate of drug-likeness (QED) is 0.765. The van der Waals surface area contributed by atoms with E-state index in [2.05, 4.69) is 15.1 Å². The lowest BCUT2D eigenvalue weighted by molar-refractivity contribution is 0.798. The molecule has 0 radical (unpaired) electrons. The van der Waals surface area contributed by atoms with Crippen LogP contribution in [0.25, 0.3) is 16.6 Å². The Morgan fingerprint density at radius 1 is 1.28 bits per heavy atom. The van der Waals surface area contributed by atoms with E-state index in [1.807, 2.05) is 45.0 Å². The van der Waals surface area contributed by atoms with Crippen molar-refractivity contribution in [2.45, 2.75) is 26.7 Å². The van der Waals surface area contributed by atoms with Crippen LogP contribution in [-0.4, -0.2) is 20.3 Å². The average molecular weight is 351 g/mol. The molecule has 0 aliphatic carbocycles. The monoisotopic (exact) mass is 351 g/mol. The molecule has 25 heavy (non-hydrogen) atoms. The number of hydrogen-bond acceptors (Lipinski definition) is 6. The van der Waals surface area contributed by atoms with Gasteiger partial charge in [0.2, 0.25) is 4.96 Å². The lowest BCUT2D eigenvalue weighted by atomic mass is 10.0. The van der Waals surface area contributed by atoms with Gasteiger partial charge in [-0.25, -0.2) is 0 Å². The summed E-state index contributed by atoms with van der Waals surface area (Å²) >= 11 is 1.39. The number of anilines is 1. The normalized spacial score (nSPS) is 15.2. The highest BCUT2D eigenvalue weighted by atomic mass is 32.1. The first kappa shape index (κ1) is 15.7. The lowest BCUT2D eigenvalue weighted by Gasteiger charge is -2.05. The Morgan fingerprint density at radius 3 is 2.80 bits per heavy atom. The van der Waals surface area contributed by atoms with Gasteiger partial charge in [0.25, 0.3) is 5.56 Å². The highest BCUT2D eigenvalue weighted by molar-refractivity contribution is 7.16. The molecule has 126 valence electrons. The summed E-state index contributed by atoms with van der Waals surface area (Å²) in [6.45, 7) is 6.01. The van der Waals surface area contributed by atoms with Crippen LogP contribution in [0.2, 0.25) is 0 Å². The molecule has 3 heterocycles. The SMILES string of the molecule is CC1=Nc2ccccc2/C1=C/c1c(N)n2nc(C(C)C)sc2nc1=O. The maximum Gasteiger partial charge on any atom is 0.283 e. The minimum Gasteiger partial charge on any atom is -0.383 e. The topological polar surface area (TPSA) is 85.6 Å². The Kier molecular flexibility index (Phi) is 3.54. The predicted molar refractivity (Wildman–Crippen MR) is 103 cm³/mol. The molecule has 6 nitrogen and oxygen atoms in total. The van der Waals surface area contributed by atoms with Crippen LogP contribution in [0.1, 0.15) is 42.8 Å². The minimum absolute atomic E-state index is 0.249. The molecule has 2 aromatic heterocycles. The van der Waals surface area contributed by atoms with Gasteiger partial charge in [-0.05, 0) is 19.1 Å². The van der Waals surface area contributed by atoms with Gasteiger partial charge in [0, 0.05) is 22.8 Å². The molecule has 1 aliphatic rings. The van der Waals surface area contributed by atoms with Crippen molar-refractivity contribution in [3.8, 4) is 0 Å². The number of allylic oxidation sites excluding steroid dienone is 1. The summed E-state index contributed by atoms with van der Waals surface area (Å²) in [4.78, 5) is 21.8. The van der Waals surface area contributed by atoms with Gasteiger partial charge in [0.15, 0.2) is 0 Å². The predicted octanol–water partition coefficient (Wildman–Crippen LogP) is 3.50. The third-order valence-corrected chi connectivity index (χ3v) is 5.37. The van der Waals surface area contributed by atoms with Crippen LogP contribution < -0.4 is 11.3 Å². The zero-order valence-corrected chi connectivity index (χ0v) is 15.0. The molecule has 4 rings (SSSR count). The Balaban J connectivity index is 1.93. The van der Waals surface area contributed by atoms with E-state index in [0.717, 1.165) is 27.5 Å². The van der Waals surface area contributed by atoms with Crippen LogP contribution >= 0.6 is 11.3 Å². The molecule has 0 saturated carbocycles. The molecule has 0 saturated heterocycles. The second-order valence-electron chi connectivity index (χ2n) is 6.28. The van der Waals surface area contributed by atoms with Crippen molar-refractivity contribution >= 4 is 45.2 Å². The Bertz CT molecular complexity index is 1120. The number of nitrogens with two attached hydrogens (primary N) is 1. The summed E-state index contributed by atoms with van der Waals surface area (Å²) in [7, 11) is 0. The molecule has 3 aromatic rings. The van der Waals surface area contributed by atoms with Gasteiger partial charge in [0.1, 0.15) is 10.8 Å². The number of para-hydroxylation sites is 1. The van der Waals surface area contributed by atoms with Crippen molar-refractivity contribution in [1.29, 1.82) is 0 Å².